The summed E-state index contributed by atoms with van der Waals surface area (Å²) in [6.07, 6.45) is 0.496. The number of hydrogen-bond acceptors (Lipinski definition) is 5. The van der Waals surface area contributed by atoms with Crippen molar-refractivity contribution in [1.82, 2.24) is 10.3 Å². The van der Waals surface area contributed by atoms with Crippen molar-refractivity contribution in [2.45, 2.75) is 26.3 Å². The number of pyridine rings is 1. The normalized spacial score (nSPS) is 11.9. The number of nitrogens with zero attached hydrogens (tertiary/aromatic N) is 1. The number of rotatable bonds is 6. The fourth-order valence-corrected chi connectivity index (χ4v) is 2.03. The Bertz CT molecular complexity index is 520. The number of hydrogen-bond donors (Lipinski definition) is 2. The van der Waals surface area contributed by atoms with E-state index in [1.165, 1.54) is 13.2 Å². The summed E-state index contributed by atoms with van der Waals surface area (Å²) in [6.45, 7) is 3.93. The average Bonchev–Trinajstić information content (AvgIpc) is 2.44. The molecule has 1 amide bonds. The zero-order valence-corrected chi connectivity index (χ0v) is 13.3. The molecule has 0 aliphatic heterocycles. The molecule has 21 heavy (non-hydrogen) atoms. The van der Waals surface area contributed by atoms with Crippen molar-refractivity contribution < 1.29 is 14.3 Å². The summed E-state index contributed by atoms with van der Waals surface area (Å²) < 4.78 is 4.71. The summed E-state index contributed by atoms with van der Waals surface area (Å²) in [5.41, 5.74) is 0.331. The van der Waals surface area contributed by atoms with Crippen LogP contribution in [0.2, 0.25) is 5.15 Å². The summed E-state index contributed by atoms with van der Waals surface area (Å²) in [5.74, 6) is -0.146. The molecule has 2 N–H and O–H groups in total. The minimum atomic E-state index is -0.688. The molecule has 1 rings (SSSR count). The van der Waals surface area contributed by atoms with Crippen LogP contribution in [-0.2, 0) is 9.53 Å². The SMILES string of the molecule is CNc1cc(C(=O)NC(CC(C)C)C(=O)OC)cc(Cl)n1. The van der Waals surface area contributed by atoms with Gasteiger partial charge in [-0.05, 0) is 24.5 Å². The number of anilines is 1. The van der Waals surface area contributed by atoms with Crippen LogP contribution in [0.1, 0.15) is 30.6 Å². The van der Waals surface area contributed by atoms with Crippen LogP contribution in [0.25, 0.3) is 0 Å². The van der Waals surface area contributed by atoms with Crippen LogP contribution in [-0.4, -0.2) is 37.1 Å². The van der Waals surface area contributed by atoms with E-state index < -0.39 is 17.9 Å². The van der Waals surface area contributed by atoms with E-state index >= 15 is 0 Å². The van der Waals surface area contributed by atoms with E-state index in [0.29, 0.717) is 17.8 Å². The molecule has 0 bridgehead atoms. The Hall–Kier alpha value is -1.82. The molecule has 0 aromatic carbocycles. The molecule has 1 aromatic heterocycles. The van der Waals surface area contributed by atoms with Gasteiger partial charge in [0, 0.05) is 12.6 Å². The van der Waals surface area contributed by atoms with Gasteiger partial charge in [-0.15, -0.1) is 0 Å². The second-order valence-electron chi connectivity index (χ2n) is 4.99. The lowest BCUT2D eigenvalue weighted by atomic mass is 10.0. The van der Waals surface area contributed by atoms with Gasteiger partial charge in [-0.1, -0.05) is 25.4 Å². The number of halogens is 1. The van der Waals surface area contributed by atoms with Gasteiger partial charge in [-0.25, -0.2) is 9.78 Å². The van der Waals surface area contributed by atoms with Gasteiger partial charge in [0.1, 0.15) is 17.0 Å². The van der Waals surface area contributed by atoms with Crippen molar-refractivity contribution in [3.8, 4) is 0 Å². The Morgan fingerprint density at radius 3 is 2.57 bits per heavy atom. The van der Waals surface area contributed by atoms with Crippen LogP contribution < -0.4 is 10.6 Å². The number of amides is 1. The maximum Gasteiger partial charge on any atom is 0.328 e. The predicted octanol–water partition coefficient (Wildman–Crippen LogP) is 2.09. The molecule has 1 unspecified atom stereocenters. The molecule has 0 fully saturated rings. The monoisotopic (exact) mass is 313 g/mol. The molecule has 0 aliphatic rings. The number of esters is 1. The minimum absolute atomic E-state index is 0.200. The smallest absolute Gasteiger partial charge is 0.328 e. The summed E-state index contributed by atoms with van der Waals surface area (Å²) >= 11 is 5.86. The number of carbonyl (C=O) groups excluding carboxylic acids is 2. The zero-order valence-electron chi connectivity index (χ0n) is 12.6. The first kappa shape index (κ1) is 17.2. The summed E-state index contributed by atoms with van der Waals surface area (Å²) in [6, 6.07) is 2.32. The second kappa shape index (κ2) is 7.83. The molecule has 1 heterocycles. The van der Waals surface area contributed by atoms with Gasteiger partial charge in [0.05, 0.1) is 7.11 Å². The highest BCUT2D eigenvalue weighted by Crippen LogP contribution is 2.15. The third-order valence-electron chi connectivity index (χ3n) is 2.81. The van der Waals surface area contributed by atoms with Crippen molar-refractivity contribution in [3.63, 3.8) is 0 Å². The molecule has 0 saturated heterocycles. The van der Waals surface area contributed by atoms with Crippen molar-refractivity contribution in [2.75, 3.05) is 19.5 Å². The molecule has 0 saturated carbocycles. The number of carbonyl (C=O) groups is 2. The first-order valence-corrected chi connectivity index (χ1v) is 6.99. The van der Waals surface area contributed by atoms with E-state index in [1.54, 1.807) is 13.1 Å². The van der Waals surface area contributed by atoms with Gasteiger partial charge in [-0.3, -0.25) is 4.79 Å². The van der Waals surface area contributed by atoms with Crippen LogP contribution in [0.15, 0.2) is 12.1 Å². The summed E-state index contributed by atoms with van der Waals surface area (Å²) in [4.78, 5) is 28.0. The first-order chi connectivity index (χ1) is 9.87. The molecular formula is C14H20ClN3O3. The van der Waals surface area contributed by atoms with Crippen LogP contribution in [0.4, 0.5) is 5.82 Å². The lowest BCUT2D eigenvalue weighted by Gasteiger charge is -2.18. The van der Waals surface area contributed by atoms with E-state index in [4.69, 9.17) is 16.3 Å². The molecule has 116 valence electrons. The van der Waals surface area contributed by atoms with Crippen LogP contribution in [0.5, 0.6) is 0 Å². The van der Waals surface area contributed by atoms with Gasteiger partial charge in [0.15, 0.2) is 0 Å². The molecule has 0 aliphatic carbocycles. The lowest BCUT2D eigenvalue weighted by molar-refractivity contribution is -0.143. The number of aromatic nitrogens is 1. The minimum Gasteiger partial charge on any atom is -0.467 e. The number of nitrogens with one attached hydrogen (secondary N) is 2. The van der Waals surface area contributed by atoms with E-state index in [-0.39, 0.29) is 11.1 Å². The van der Waals surface area contributed by atoms with Crippen LogP contribution in [0.3, 0.4) is 0 Å². The van der Waals surface area contributed by atoms with E-state index in [2.05, 4.69) is 15.6 Å². The zero-order chi connectivity index (χ0) is 16.0. The van der Waals surface area contributed by atoms with Crippen molar-refractivity contribution >= 4 is 29.3 Å². The molecule has 1 aromatic rings. The van der Waals surface area contributed by atoms with Gasteiger partial charge in [0.2, 0.25) is 0 Å². The van der Waals surface area contributed by atoms with Crippen molar-refractivity contribution in [2.24, 2.45) is 5.92 Å². The third-order valence-corrected chi connectivity index (χ3v) is 3.00. The second-order valence-corrected chi connectivity index (χ2v) is 5.38. The number of methoxy groups -OCH3 is 1. The van der Waals surface area contributed by atoms with Gasteiger partial charge >= 0.3 is 5.97 Å². The summed E-state index contributed by atoms with van der Waals surface area (Å²) in [7, 11) is 2.97. The fraction of sp³-hybridized carbons (Fsp3) is 0.500. The lowest BCUT2D eigenvalue weighted by Crippen LogP contribution is -2.42. The number of ether oxygens (including phenoxy) is 1. The Morgan fingerprint density at radius 2 is 2.05 bits per heavy atom. The molecule has 0 radical (unpaired) electrons. The van der Waals surface area contributed by atoms with Crippen molar-refractivity contribution in [1.29, 1.82) is 0 Å². The highest BCUT2D eigenvalue weighted by Gasteiger charge is 2.23. The van der Waals surface area contributed by atoms with Crippen molar-refractivity contribution in [3.05, 3.63) is 22.8 Å². The van der Waals surface area contributed by atoms with Crippen LogP contribution in [0, 0.1) is 5.92 Å². The predicted molar refractivity (Wildman–Crippen MR) is 81.5 cm³/mol. The Labute approximate surface area is 129 Å². The Morgan fingerprint density at radius 1 is 1.38 bits per heavy atom. The van der Waals surface area contributed by atoms with Gasteiger partial charge in [0.25, 0.3) is 5.91 Å². The van der Waals surface area contributed by atoms with E-state index in [9.17, 15) is 9.59 Å². The van der Waals surface area contributed by atoms with E-state index in [1.807, 2.05) is 13.8 Å². The maximum absolute atomic E-state index is 12.2. The highest BCUT2D eigenvalue weighted by molar-refractivity contribution is 6.29. The highest BCUT2D eigenvalue weighted by atomic mass is 35.5. The van der Waals surface area contributed by atoms with Gasteiger partial charge < -0.3 is 15.4 Å². The molecule has 1 atom stereocenters. The Kier molecular flexibility index (Phi) is 6.42. The molecular weight excluding hydrogens is 294 g/mol. The van der Waals surface area contributed by atoms with Crippen LogP contribution >= 0.6 is 11.6 Å². The quantitative estimate of drug-likeness (QED) is 0.621. The fourth-order valence-electron chi connectivity index (χ4n) is 1.83. The maximum atomic E-state index is 12.2. The Balaban J connectivity index is 2.91. The first-order valence-electron chi connectivity index (χ1n) is 6.61. The summed E-state index contributed by atoms with van der Waals surface area (Å²) in [5, 5.41) is 5.68. The standard InChI is InChI=1S/C14H20ClN3O3/c1-8(2)5-10(14(20)21-4)17-13(19)9-6-11(15)18-12(7-9)16-3/h6-8,10H,5H2,1-4H3,(H,16,18)(H,17,19). The largest absolute Gasteiger partial charge is 0.467 e. The van der Waals surface area contributed by atoms with E-state index in [0.717, 1.165) is 0 Å². The topological polar surface area (TPSA) is 80.3 Å². The molecule has 0 spiro atoms. The molecule has 7 heteroatoms. The van der Waals surface area contributed by atoms with Gasteiger partial charge in [-0.2, -0.15) is 0 Å². The third kappa shape index (κ3) is 5.23. The molecule has 6 nitrogen and oxygen atoms in total. The average molecular weight is 314 g/mol.